The number of rotatable bonds is 5. The van der Waals surface area contributed by atoms with Crippen LogP contribution in [0.3, 0.4) is 0 Å². The van der Waals surface area contributed by atoms with Crippen LogP contribution in [0, 0.1) is 5.92 Å². The van der Waals surface area contributed by atoms with Crippen molar-refractivity contribution >= 4 is 23.5 Å². The zero-order valence-electron chi connectivity index (χ0n) is 11.8. The molecule has 1 aromatic carbocycles. The Kier molecular flexibility index (Phi) is 4.57. The Morgan fingerprint density at radius 2 is 2.14 bits per heavy atom. The number of amides is 2. The van der Waals surface area contributed by atoms with Crippen molar-refractivity contribution in [3.8, 4) is 0 Å². The second-order valence-corrected chi connectivity index (χ2v) is 5.07. The summed E-state index contributed by atoms with van der Waals surface area (Å²) in [5.41, 5.74) is 2.14. The van der Waals surface area contributed by atoms with Gasteiger partial charge in [-0.15, -0.1) is 0 Å². The molecular weight excluding hydrogens is 272 g/mol. The van der Waals surface area contributed by atoms with Crippen molar-refractivity contribution in [2.45, 2.75) is 26.2 Å². The summed E-state index contributed by atoms with van der Waals surface area (Å²) in [4.78, 5) is 34.2. The summed E-state index contributed by atoms with van der Waals surface area (Å²) in [5.74, 6) is -1.81. The van der Waals surface area contributed by atoms with Crippen LogP contribution < -0.4 is 10.6 Å². The minimum absolute atomic E-state index is 0.0213. The van der Waals surface area contributed by atoms with E-state index in [1.165, 1.54) is 0 Å². The topological polar surface area (TPSA) is 95.5 Å². The zero-order valence-corrected chi connectivity index (χ0v) is 11.8. The Bertz CT molecular complexity index is 583. The lowest BCUT2D eigenvalue weighted by Crippen LogP contribution is -2.32. The third kappa shape index (κ3) is 3.59. The first-order valence-electron chi connectivity index (χ1n) is 6.95. The van der Waals surface area contributed by atoms with Crippen molar-refractivity contribution in [2.75, 3.05) is 11.9 Å². The highest BCUT2D eigenvalue weighted by molar-refractivity contribution is 5.98. The molecule has 0 aliphatic carbocycles. The quantitative estimate of drug-likeness (QED) is 0.764. The summed E-state index contributed by atoms with van der Waals surface area (Å²) in [6.07, 6.45) is 1.48. The standard InChI is InChI=1S/C15H18N2O4/c1-2-9(15(20)21)8-16-14(19)11-3-5-12-10(7-11)4-6-13(18)17-12/h3,5,7,9H,2,4,6,8H2,1H3,(H,16,19)(H,17,18)(H,20,21). The smallest absolute Gasteiger partial charge is 0.308 e. The molecule has 2 amide bonds. The summed E-state index contributed by atoms with van der Waals surface area (Å²) in [6, 6.07) is 5.07. The van der Waals surface area contributed by atoms with Crippen molar-refractivity contribution in [1.29, 1.82) is 0 Å². The Morgan fingerprint density at radius 3 is 2.81 bits per heavy atom. The molecule has 0 saturated heterocycles. The first-order chi connectivity index (χ1) is 10.0. The van der Waals surface area contributed by atoms with Gasteiger partial charge >= 0.3 is 5.97 Å². The van der Waals surface area contributed by atoms with Crippen LogP contribution in [0.25, 0.3) is 0 Å². The van der Waals surface area contributed by atoms with E-state index in [1.807, 2.05) is 0 Å². The Morgan fingerprint density at radius 1 is 1.38 bits per heavy atom. The summed E-state index contributed by atoms with van der Waals surface area (Å²) >= 11 is 0. The van der Waals surface area contributed by atoms with Gasteiger partial charge in [-0.25, -0.2) is 0 Å². The van der Waals surface area contributed by atoms with E-state index in [1.54, 1.807) is 25.1 Å². The van der Waals surface area contributed by atoms with Crippen molar-refractivity contribution in [3.05, 3.63) is 29.3 Å². The third-order valence-corrected chi connectivity index (χ3v) is 3.61. The molecule has 0 saturated carbocycles. The van der Waals surface area contributed by atoms with E-state index in [-0.39, 0.29) is 18.4 Å². The van der Waals surface area contributed by atoms with Crippen LogP contribution in [0.5, 0.6) is 0 Å². The average molecular weight is 290 g/mol. The van der Waals surface area contributed by atoms with Crippen LogP contribution in [-0.4, -0.2) is 29.4 Å². The van der Waals surface area contributed by atoms with Crippen LogP contribution >= 0.6 is 0 Å². The predicted octanol–water partition coefficient (Wildman–Crippen LogP) is 1.41. The Labute approximate surface area is 122 Å². The van der Waals surface area contributed by atoms with Gasteiger partial charge < -0.3 is 15.7 Å². The number of nitrogens with one attached hydrogen (secondary N) is 2. The fraction of sp³-hybridized carbons (Fsp3) is 0.400. The van der Waals surface area contributed by atoms with Gasteiger partial charge in [0, 0.05) is 24.2 Å². The molecule has 112 valence electrons. The van der Waals surface area contributed by atoms with Gasteiger partial charge in [0.25, 0.3) is 5.91 Å². The number of fused-ring (bicyclic) bond motifs is 1. The molecule has 1 atom stereocenters. The van der Waals surface area contributed by atoms with Crippen LogP contribution in [0.15, 0.2) is 18.2 Å². The van der Waals surface area contributed by atoms with Gasteiger partial charge in [0.05, 0.1) is 5.92 Å². The first kappa shape index (κ1) is 15.0. The normalized spacial score (nSPS) is 14.8. The van der Waals surface area contributed by atoms with Gasteiger partial charge in [-0.3, -0.25) is 14.4 Å². The number of benzene rings is 1. The highest BCUT2D eigenvalue weighted by Crippen LogP contribution is 2.23. The maximum Gasteiger partial charge on any atom is 0.308 e. The third-order valence-electron chi connectivity index (χ3n) is 3.61. The van der Waals surface area contributed by atoms with Gasteiger partial charge in [-0.1, -0.05) is 6.92 Å². The van der Waals surface area contributed by atoms with Crippen LogP contribution in [0.1, 0.15) is 35.7 Å². The minimum Gasteiger partial charge on any atom is -0.481 e. The van der Waals surface area contributed by atoms with Crippen LogP contribution in [0.2, 0.25) is 0 Å². The number of hydrogen-bond donors (Lipinski definition) is 3. The number of anilines is 1. The SMILES string of the molecule is CCC(CNC(=O)c1ccc2c(c1)CCC(=O)N2)C(=O)O. The molecular formula is C15H18N2O4. The lowest BCUT2D eigenvalue weighted by atomic mass is 10.00. The summed E-state index contributed by atoms with van der Waals surface area (Å²) in [6.45, 7) is 1.88. The lowest BCUT2D eigenvalue weighted by molar-refractivity contribution is -0.141. The molecule has 1 unspecified atom stereocenters. The van der Waals surface area contributed by atoms with Crippen molar-refractivity contribution in [2.24, 2.45) is 5.92 Å². The minimum atomic E-state index is -0.911. The number of carbonyl (C=O) groups is 3. The first-order valence-corrected chi connectivity index (χ1v) is 6.95. The molecule has 1 heterocycles. The largest absolute Gasteiger partial charge is 0.481 e. The van der Waals surface area contributed by atoms with Gasteiger partial charge in [0.1, 0.15) is 0 Å². The van der Waals surface area contributed by atoms with Crippen LogP contribution in [-0.2, 0) is 16.0 Å². The number of hydrogen-bond acceptors (Lipinski definition) is 3. The number of carboxylic acids is 1. The van der Waals surface area contributed by atoms with Gasteiger partial charge in [-0.05, 0) is 36.6 Å². The predicted molar refractivity (Wildman–Crippen MR) is 77.1 cm³/mol. The maximum atomic E-state index is 12.0. The van der Waals surface area contributed by atoms with E-state index in [4.69, 9.17) is 5.11 Å². The summed E-state index contributed by atoms with van der Waals surface area (Å²) in [7, 11) is 0. The second-order valence-electron chi connectivity index (χ2n) is 5.07. The molecule has 6 heteroatoms. The average Bonchev–Trinajstić information content (AvgIpc) is 2.46. The van der Waals surface area contributed by atoms with E-state index >= 15 is 0 Å². The molecule has 1 aliphatic rings. The van der Waals surface area contributed by atoms with Crippen molar-refractivity contribution in [1.82, 2.24) is 5.32 Å². The van der Waals surface area contributed by atoms with E-state index in [2.05, 4.69) is 10.6 Å². The molecule has 0 bridgehead atoms. The summed E-state index contributed by atoms with van der Waals surface area (Å²) in [5, 5.41) is 14.3. The molecule has 3 N–H and O–H groups in total. The second kappa shape index (κ2) is 6.39. The van der Waals surface area contributed by atoms with E-state index in [9.17, 15) is 14.4 Å². The Hall–Kier alpha value is -2.37. The molecule has 0 fully saturated rings. The molecule has 0 radical (unpaired) electrons. The fourth-order valence-electron chi connectivity index (χ4n) is 2.25. The molecule has 6 nitrogen and oxygen atoms in total. The number of aliphatic carboxylic acids is 1. The van der Waals surface area contributed by atoms with E-state index in [0.29, 0.717) is 24.8 Å². The number of aryl methyl sites for hydroxylation is 1. The maximum absolute atomic E-state index is 12.0. The highest BCUT2D eigenvalue weighted by Gasteiger charge is 2.19. The fourth-order valence-corrected chi connectivity index (χ4v) is 2.25. The Balaban J connectivity index is 2.03. The van der Waals surface area contributed by atoms with Crippen LogP contribution in [0.4, 0.5) is 5.69 Å². The van der Waals surface area contributed by atoms with Gasteiger partial charge in [-0.2, -0.15) is 0 Å². The number of carboxylic acid groups (broad SMARTS) is 1. The highest BCUT2D eigenvalue weighted by atomic mass is 16.4. The summed E-state index contributed by atoms with van der Waals surface area (Å²) < 4.78 is 0. The molecule has 0 aromatic heterocycles. The number of carbonyl (C=O) groups excluding carboxylic acids is 2. The molecule has 1 aliphatic heterocycles. The molecule has 1 aromatic rings. The lowest BCUT2D eigenvalue weighted by Gasteiger charge is -2.17. The monoisotopic (exact) mass is 290 g/mol. The van der Waals surface area contributed by atoms with E-state index < -0.39 is 11.9 Å². The van der Waals surface area contributed by atoms with Gasteiger partial charge in [0.15, 0.2) is 0 Å². The van der Waals surface area contributed by atoms with Gasteiger partial charge in [0.2, 0.25) is 5.91 Å². The molecule has 21 heavy (non-hydrogen) atoms. The zero-order chi connectivity index (χ0) is 15.4. The van der Waals surface area contributed by atoms with Crippen molar-refractivity contribution < 1.29 is 19.5 Å². The molecule has 2 rings (SSSR count). The van der Waals surface area contributed by atoms with Crippen molar-refractivity contribution in [3.63, 3.8) is 0 Å². The van der Waals surface area contributed by atoms with E-state index in [0.717, 1.165) is 11.3 Å². The molecule has 0 spiro atoms.